The molecule has 2 rings (SSSR count). The van der Waals surface area contributed by atoms with Crippen molar-refractivity contribution in [2.24, 2.45) is 0 Å². The van der Waals surface area contributed by atoms with E-state index in [9.17, 15) is 9.59 Å². The summed E-state index contributed by atoms with van der Waals surface area (Å²) in [5.41, 5.74) is 1.36. The molecule has 132 valence electrons. The van der Waals surface area contributed by atoms with E-state index in [4.69, 9.17) is 4.74 Å². The molecule has 2 N–H and O–H groups in total. The van der Waals surface area contributed by atoms with Crippen LogP contribution in [-0.2, 0) is 9.59 Å². The molecule has 0 fully saturated rings. The average molecular weight is 341 g/mol. The van der Waals surface area contributed by atoms with Gasteiger partial charge in [-0.3, -0.25) is 14.6 Å². The topological polar surface area (TPSA) is 80.3 Å². The minimum absolute atomic E-state index is 0.294. The monoisotopic (exact) mass is 341 g/mol. The number of nitrogens with one attached hydrogen (secondary N) is 2. The Kier molecular flexibility index (Phi) is 6.95. The van der Waals surface area contributed by atoms with Crippen LogP contribution >= 0.6 is 0 Å². The van der Waals surface area contributed by atoms with Gasteiger partial charge in [0.2, 0.25) is 0 Å². The molecule has 0 radical (unpaired) electrons. The first-order valence-corrected chi connectivity index (χ1v) is 8.35. The Bertz CT molecular complexity index is 704. The summed E-state index contributed by atoms with van der Waals surface area (Å²) in [6, 6.07) is 10.4. The fourth-order valence-corrected chi connectivity index (χ4v) is 2.20. The SMILES string of the molecule is CCCCOc1ccccc1NC(=O)C(=O)NC(C)c1ccncc1. The van der Waals surface area contributed by atoms with Crippen LogP contribution in [0.15, 0.2) is 48.8 Å². The van der Waals surface area contributed by atoms with Crippen molar-refractivity contribution in [3.63, 3.8) is 0 Å². The molecule has 2 aromatic rings. The Labute approximate surface area is 147 Å². The van der Waals surface area contributed by atoms with Crippen molar-refractivity contribution in [1.29, 1.82) is 0 Å². The highest BCUT2D eigenvalue weighted by Crippen LogP contribution is 2.24. The Morgan fingerprint density at radius 3 is 2.56 bits per heavy atom. The number of aromatic nitrogens is 1. The molecule has 1 heterocycles. The van der Waals surface area contributed by atoms with Gasteiger partial charge in [0.05, 0.1) is 18.3 Å². The Morgan fingerprint density at radius 2 is 1.84 bits per heavy atom. The van der Waals surface area contributed by atoms with E-state index >= 15 is 0 Å². The Hall–Kier alpha value is -2.89. The van der Waals surface area contributed by atoms with Crippen molar-refractivity contribution in [3.8, 4) is 5.75 Å². The molecule has 1 atom stereocenters. The number of hydrogen-bond donors (Lipinski definition) is 2. The fraction of sp³-hybridized carbons (Fsp3) is 0.316. The van der Waals surface area contributed by atoms with Gasteiger partial charge in [-0.1, -0.05) is 25.5 Å². The Morgan fingerprint density at radius 1 is 1.12 bits per heavy atom. The number of carbonyl (C=O) groups excluding carboxylic acids is 2. The molecule has 6 nitrogen and oxygen atoms in total. The zero-order valence-corrected chi connectivity index (χ0v) is 14.5. The third-order valence-corrected chi connectivity index (χ3v) is 3.65. The van der Waals surface area contributed by atoms with Crippen molar-refractivity contribution < 1.29 is 14.3 Å². The number of carbonyl (C=O) groups is 2. The number of rotatable bonds is 7. The molecule has 0 aliphatic carbocycles. The second-order valence-electron chi connectivity index (χ2n) is 5.63. The van der Waals surface area contributed by atoms with E-state index in [1.807, 2.05) is 13.0 Å². The van der Waals surface area contributed by atoms with Gasteiger partial charge in [-0.2, -0.15) is 0 Å². The molecule has 1 aromatic heterocycles. The van der Waals surface area contributed by atoms with Gasteiger partial charge in [0.1, 0.15) is 5.75 Å². The average Bonchev–Trinajstić information content (AvgIpc) is 2.64. The van der Waals surface area contributed by atoms with Gasteiger partial charge in [0.15, 0.2) is 0 Å². The summed E-state index contributed by atoms with van der Waals surface area (Å²) in [6.45, 7) is 4.45. The van der Waals surface area contributed by atoms with Gasteiger partial charge in [0, 0.05) is 12.4 Å². The van der Waals surface area contributed by atoms with Gasteiger partial charge in [-0.05, 0) is 43.2 Å². The highest BCUT2D eigenvalue weighted by atomic mass is 16.5. The van der Waals surface area contributed by atoms with Gasteiger partial charge >= 0.3 is 11.8 Å². The number of hydrogen-bond acceptors (Lipinski definition) is 4. The van der Waals surface area contributed by atoms with Crippen molar-refractivity contribution in [1.82, 2.24) is 10.3 Å². The molecule has 0 saturated carbocycles. The smallest absolute Gasteiger partial charge is 0.313 e. The largest absolute Gasteiger partial charge is 0.491 e. The van der Waals surface area contributed by atoms with Crippen molar-refractivity contribution in [2.75, 3.05) is 11.9 Å². The predicted octanol–water partition coefficient (Wildman–Crippen LogP) is 3.08. The van der Waals surface area contributed by atoms with Gasteiger partial charge in [0.25, 0.3) is 0 Å². The third kappa shape index (κ3) is 5.60. The number of pyridine rings is 1. The van der Waals surface area contributed by atoms with Crippen LogP contribution in [0, 0.1) is 0 Å². The minimum atomic E-state index is -0.729. The number of para-hydroxylation sites is 2. The van der Waals surface area contributed by atoms with E-state index in [0.29, 0.717) is 18.0 Å². The Balaban J connectivity index is 1.96. The third-order valence-electron chi connectivity index (χ3n) is 3.65. The maximum atomic E-state index is 12.2. The van der Waals surface area contributed by atoms with E-state index in [1.165, 1.54) is 0 Å². The van der Waals surface area contributed by atoms with Crippen LogP contribution in [0.1, 0.15) is 38.3 Å². The standard InChI is InChI=1S/C19H23N3O3/c1-3-4-13-25-17-8-6-5-7-16(17)22-19(24)18(23)21-14(2)15-9-11-20-12-10-15/h5-12,14H,3-4,13H2,1-2H3,(H,21,23)(H,22,24). The number of nitrogens with zero attached hydrogens (tertiary/aromatic N) is 1. The lowest BCUT2D eigenvalue weighted by Crippen LogP contribution is -2.37. The lowest BCUT2D eigenvalue weighted by molar-refractivity contribution is -0.136. The first-order valence-electron chi connectivity index (χ1n) is 8.35. The summed E-state index contributed by atoms with van der Waals surface area (Å²) in [6.07, 6.45) is 5.22. The minimum Gasteiger partial charge on any atom is -0.491 e. The molecule has 0 bridgehead atoms. The van der Waals surface area contributed by atoms with E-state index in [-0.39, 0.29) is 6.04 Å². The quantitative estimate of drug-likeness (QED) is 0.599. The number of anilines is 1. The van der Waals surface area contributed by atoms with Crippen LogP contribution < -0.4 is 15.4 Å². The molecule has 25 heavy (non-hydrogen) atoms. The molecule has 1 aromatic carbocycles. The normalized spacial score (nSPS) is 11.4. The highest BCUT2D eigenvalue weighted by molar-refractivity contribution is 6.39. The summed E-state index contributed by atoms with van der Waals surface area (Å²) in [4.78, 5) is 28.2. The first-order chi connectivity index (χ1) is 12.1. The van der Waals surface area contributed by atoms with Gasteiger partial charge in [-0.15, -0.1) is 0 Å². The second kappa shape index (κ2) is 9.42. The molecule has 0 saturated heterocycles. The second-order valence-corrected chi connectivity index (χ2v) is 5.63. The maximum absolute atomic E-state index is 12.2. The molecule has 0 aliphatic rings. The maximum Gasteiger partial charge on any atom is 0.313 e. The van der Waals surface area contributed by atoms with Crippen molar-refractivity contribution in [3.05, 3.63) is 54.4 Å². The molecule has 2 amide bonds. The zero-order chi connectivity index (χ0) is 18.1. The van der Waals surface area contributed by atoms with Gasteiger partial charge < -0.3 is 15.4 Å². The van der Waals surface area contributed by atoms with E-state index in [0.717, 1.165) is 18.4 Å². The highest BCUT2D eigenvalue weighted by Gasteiger charge is 2.18. The number of benzene rings is 1. The zero-order valence-electron chi connectivity index (χ0n) is 14.5. The summed E-state index contributed by atoms with van der Waals surface area (Å²) in [7, 11) is 0. The summed E-state index contributed by atoms with van der Waals surface area (Å²) < 4.78 is 5.66. The lowest BCUT2D eigenvalue weighted by atomic mass is 10.1. The van der Waals surface area contributed by atoms with Crippen LogP contribution in [-0.4, -0.2) is 23.4 Å². The van der Waals surface area contributed by atoms with Crippen LogP contribution in [0.25, 0.3) is 0 Å². The fourth-order valence-electron chi connectivity index (χ4n) is 2.20. The predicted molar refractivity (Wildman–Crippen MR) is 96.3 cm³/mol. The van der Waals surface area contributed by atoms with Crippen molar-refractivity contribution >= 4 is 17.5 Å². The van der Waals surface area contributed by atoms with Crippen molar-refractivity contribution in [2.45, 2.75) is 32.7 Å². The molecule has 0 spiro atoms. The number of unbranched alkanes of at least 4 members (excludes halogenated alkanes) is 1. The van der Waals surface area contributed by atoms with Crippen LogP contribution in [0.2, 0.25) is 0 Å². The van der Waals surface area contributed by atoms with Gasteiger partial charge in [-0.25, -0.2) is 0 Å². The van der Waals surface area contributed by atoms with E-state index in [2.05, 4.69) is 22.5 Å². The summed E-state index contributed by atoms with van der Waals surface area (Å²) in [5.74, 6) is -0.876. The van der Waals surface area contributed by atoms with E-state index < -0.39 is 11.8 Å². The molecule has 6 heteroatoms. The molecular weight excluding hydrogens is 318 g/mol. The number of amides is 2. The molecule has 0 aliphatic heterocycles. The first kappa shape index (κ1) is 18.4. The van der Waals surface area contributed by atoms with Crippen LogP contribution in [0.3, 0.4) is 0 Å². The summed E-state index contributed by atoms with van der Waals surface area (Å²) in [5, 5.41) is 5.27. The summed E-state index contributed by atoms with van der Waals surface area (Å²) >= 11 is 0. The number of ether oxygens (including phenoxy) is 1. The molecule has 1 unspecified atom stereocenters. The van der Waals surface area contributed by atoms with E-state index in [1.54, 1.807) is 42.7 Å². The van der Waals surface area contributed by atoms with Crippen LogP contribution in [0.4, 0.5) is 5.69 Å². The van der Waals surface area contributed by atoms with Crippen LogP contribution in [0.5, 0.6) is 5.75 Å². The lowest BCUT2D eigenvalue weighted by Gasteiger charge is -2.15. The molecular formula is C19H23N3O3.